The molecule has 0 aliphatic rings. The Morgan fingerprint density at radius 2 is 1.94 bits per heavy atom. The van der Waals surface area contributed by atoms with Gasteiger partial charge in [-0.2, -0.15) is 4.98 Å². The number of rotatable bonds is 2. The Bertz CT molecular complexity index is 698. The molecule has 2 rings (SSSR count). The molecular weight excluding hydrogens is 252 g/mol. The van der Waals surface area contributed by atoms with E-state index < -0.39 is 9.84 Å². The molecule has 0 fully saturated rings. The molecule has 0 unspecified atom stereocenters. The van der Waals surface area contributed by atoms with Gasteiger partial charge in [-0.1, -0.05) is 12.1 Å². The second-order valence-corrected chi connectivity index (χ2v) is 5.84. The lowest BCUT2D eigenvalue weighted by molar-refractivity contribution is 0.602. The van der Waals surface area contributed by atoms with Crippen molar-refractivity contribution in [1.29, 1.82) is 0 Å². The molecule has 0 spiro atoms. The lowest BCUT2D eigenvalue weighted by atomic mass is 10.1. The van der Waals surface area contributed by atoms with Gasteiger partial charge >= 0.3 is 0 Å². The standard InChI is InChI=1S/C11H12N4O2S/c1-18(16,17)8-4-2-3-7(5-8)9-6-14-11(13)15-10(9)12/h2-6H,1H3,(H4,12,13,14,15). The van der Waals surface area contributed by atoms with E-state index in [0.717, 1.165) is 6.26 Å². The van der Waals surface area contributed by atoms with E-state index in [1.54, 1.807) is 12.1 Å². The number of benzene rings is 1. The van der Waals surface area contributed by atoms with Crippen LogP contribution >= 0.6 is 0 Å². The molecule has 7 heteroatoms. The van der Waals surface area contributed by atoms with Crippen molar-refractivity contribution in [3.63, 3.8) is 0 Å². The number of nitrogen functional groups attached to an aromatic ring is 2. The maximum absolute atomic E-state index is 11.5. The first-order valence-corrected chi connectivity index (χ1v) is 6.95. The third kappa shape index (κ3) is 2.40. The van der Waals surface area contributed by atoms with E-state index in [9.17, 15) is 8.42 Å². The SMILES string of the molecule is CS(=O)(=O)c1cccc(-c2cnc(N)nc2N)c1. The second kappa shape index (κ2) is 4.26. The summed E-state index contributed by atoms with van der Waals surface area (Å²) in [5, 5.41) is 0. The lowest BCUT2D eigenvalue weighted by Crippen LogP contribution is -2.02. The first kappa shape index (κ1) is 12.3. The molecular formula is C11H12N4O2S. The van der Waals surface area contributed by atoms with Crippen molar-refractivity contribution in [2.75, 3.05) is 17.7 Å². The van der Waals surface area contributed by atoms with E-state index in [2.05, 4.69) is 9.97 Å². The molecule has 0 aliphatic heterocycles. The summed E-state index contributed by atoms with van der Waals surface area (Å²) < 4.78 is 22.9. The summed E-state index contributed by atoms with van der Waals surface area (Å²) in [6.07, 6.45) is 2.62. The average molecular weight is 264 g/mol. The largest absolute Gasteiger partial charge is 0.383 e. The summed E-state index contributed by atoms with van der Waals surface area (Å²) >= 11 is 0. The van der Waals surface area contributed by atoms with Crippen LogP contribution in [-0.4, -0.2) is 24.6 Å². The van der Waals surface area contributed by atoms with Crippen LogP contribution in [0.3, 0.4) is 0 Å². The molecule has 0 aliphatic carbocycles. The minimum atomic E-state index is -3.26. The zero-order chi connectivity index (χ0) is 13.3. The maximum atomic E-state index is 11.5. The van der Waals surface area contributed by atoms with Gasteiger partial charge in [0.2, 0.25) is 5.95 Å². The summed E-state index contributed by atoms with van der Waals surface area (Å²) in [6, 6.07) is 6.43. The first-order chi connectivity index (χ1) is 8.38. The number of hydrogen-bond donors (Lipinski definition) is 2. The summed E-state index contributed by atoms with van der Waals surface area (Å²) in [5.41, 5.74) is 12.3. The zero-order valence-corrected chi connectivity index (χ0v) is 10.5. The fourth-order valence-corrected chi connectivity index (χ4v) is 2.19. The molecule has 0 atom stereocenters. The molecule has 6 nitrogen and oxygen atoms in total. The van der Waals surface area contributed by atoms with Crippen LogP contribution in [0.1, 0.15) is 0 Å². The van der Waals surface area contributed by atoms with Crippen molar-refractivity contribution in [2.45, 2.75) is 4.90 Å². The van der Waals surface area contributed by atoms with E-state index in [4.69, 9.17) is 11.5 Å². The number of hydrogen-bond acceptors (Lipinski definition) is 6. The maximum Gasteiger partial charge on any atom is 0.221 e. The molecule has 1 aromatic carbocycles. The Hall–Kier alpha value is -2.15. The number of aromatic nitrogens is 2. The highest BCUT2D eigenvalue weighted by atomic mass is 32.2. The second-order valence-electron chi connectivity index (χ2n) is 3.83. The molecule has 4 N–H and O–H groups in total. The fraction of sp³-hybridized carbons (Fsp3) is 0.0909. The highest BCUT2D eigenvalue weighted by Gasteiger charge is 2.10. The molecule has 1 aromatic heterocycles. The minimum Gasteiger partial charge on any atom is -0.383 e. The van der Waals surface area contributed by atoms with E-state index >= 15 is 0 Å². The van der Waals surface area contributed by atoms with Crippen molar-refractivity contribution in [2.24, 2.45) is 0 Å². The topological polar surface area (TPSA) is 112 Å². The lowest BCUT2D eigenvalue weighted by Gasteiger charge is -2.06. The van der Waals surface area contributed by atoms with E-state index in [1.165, 1.54) is 18.3 Å². The summed E-state index contributed by atoms with van der Waals surface area (Å²) in [4.78, 5) is 7.90. The minimum absolute atomic E-state index is 0.0792. The molecule has 0 bridgehead atoms. The smallest absolute Gasteiger partial charge is 0.221 e. The highest BCUT2D eigenvalue weighted by molar-refractivity contribution is 7.90. The van der Waals surface area contributed by atoms with Crippen LogP contribution in [0.5, 0.6) is 0 Å². The quantitative estimate of drug-likeness (QED) is 0.826. The van der Waals surface area contributed by atoms with E-state index in [-0.39, 0.29) is 16.7 Å². The van der Waals surface area contributed by atoms with Gasteiger partial charge in [-0.25, -0.2) is 13.4 Å². The molecule has 94 valence electrons. The Morgan fingerprint density at radius 1 is 1.22 bits per heavy atom. The van der Waals surface area contributed by atoms with E-state index in [1.807, 2.05) is 0 Å². The van der Waals surface area contributed by atoms with Gasteiger partial charge in [0.05, 0.1) is 4.90 Å². The Morgan fingerprint density at radius 3 is 2.56 bits per heavy atom. The van der Waals surface area contributed by atoms with Crippen LogP contribution in [0.4, 0.5) is 11.8 Å². The fourth-order valence-electron chi connectivity index (χ4n) is 1.53. The first-order valence-electron chi connectivity index (χ1n) is 5.06. The predicted molar refractivity (Wildman–Crippen MR) is 69.4 cm³/mol. The van der Waals surface area contributed by atoms with Gasteiger partial charge in [-0.15, -0.1) is 0 Å². The van der Waals surface area contributed by atoms with Crippen molar-refractivity contribution in [1.82, 2.24) is 9.97 Å². The molecule has 0 radical (unpaired) electrons. The van der Waals surface area contributed by atoms with Crippen molar-refractivity contribution >= 4 is 21.6 Å². The highest BCUT2D eigenvalue weighted by Crippen LogP contribution is 2.26. The van der Waals surface area contributed by atoms with Crippen molar-refractivity contribution in [3.8, 4) is 11.1 Å². The third-order valence-corrected chi connectivity index (χ3v) is 3.52. The zero-order valence-electron chi connectivity index (χ0n) is 9.66. The normalized spacial score (nSPS) is 11.4. The molecule has 0 saturated carbocycles. The van der Waals surface area contributed by atoms with Gasteiger partial charge in [0.25, 0.3) is 0 Å². The number of nitrogens with zero attached hydrogens (tertiary/aromatic N) is 2. The molecule has 1 heterocycles. The number of nitrogens with two attached hydrogens (primary N) is 2. The van der Waals surface area contributed by atoms with Crippen molar-refractivity contribution in [3.05, 3.63) is 30.5 Å². The van der Waals surface area contributed by atoms with Crippen LogP contribution in [0, 0.1) is 0 Å². The monoisotopic (exact) mass is 264 g/mol. The van der Waals surface area contributed by atoms with Crippen LogP contribution in [0.25, 0.3) is 11.1 Å². The van der Waals surface area contributed by atoms with Gasteiger partial charge in [0, 0.05) is 18.0 Å². The van der Waals surface area contributed by atoms with Crippen LogP contribution in [0.15, 0.2) is 35.4 Å². The van der Waals surface area contributed by atoms with Gasteiger partial charge in [-0.05, 0) is 17.7 Å². The third-order valence-electron chi connectivity index (χ3n) is 2.41. The summed E-state index contributed by atoms with van der Waals surface area (Å²) in [6.45, 7) is 0. The average Bonchev–Trinajstić information content (AvgIpc) is 2.28. The molecule has 2 aromatic rings. The van der Waals surface area contributed by atoms with Gasteiger partial charge in [0.15, 0.2) is 9.84 Å². The van der Waals surface area contributed by atoms with Gasteiger partial charge < -0.3 is 11.5 Å². The van der Waals surface area contributed by atoms with E-state index in [0.29, 0.717) is 11.1 Å². The van der Waals surface area contributed by atoms with Crippen LogP contribution in [-0.2, 0) is 9.84 Å². The summed E-state index contributed by atoms with van der Waals surface area (Å²) in [7, 11) is -3.26. The van der Waals surface area contributed by atoms with Crippen LogP contribution < -0.4 is 11.5 Å². The Labute approximate surface area is 105 Å². The number of anilines is 2. The molecule has 0 saturated heterocycles. The van der Waals surface area contributed by atoms with Gasteiger partial charge in [-0.3, -0.25) is 0 Å². The molecule has 0 amide bonds. The summed E-state index contributed by atoms with van der Waals surface area (Å²) in [5.74, 6) is 0.295. The Kier molecular flexibility index (Phi) is 2.92. The number of sulfone groups is 1. The van der Waals surface area contributed by atoms with Crippen LogP contribution in [0.2, 0.25) is 0 Å². The Balaban J connectivity index is 2.58. The van der Waals surface area contributed by atoms with Crippen molar-refractivity contribution < 1.29 is 8.42 Å². The van der Waals surface area contributed by atoms with Gasteiger partial charge in [0.1, 0.15) is 5.82 Å². The molecule has 18 heavy (non-hydrogen) atoms. The predicted octanol–water partition coefficient (Wildman–Crippen LogP) is 0.712.